The van der Waals surface area contributed by atoms with Gasteiger partial charge in [-0.3, -0.25) is 9.59 Å². The Balaban J connectivity index is 1.68. The van der Waals surface area contributed by atoms with Crippen LogP contribution in [0.5, 0.6) is 0 Å². The van der Waals surface area contributed by atoms with Gasteiger partial charge in [0.2, 0.25) is 5.91 Å². The Morgan fingerprint density at radius 2 is 1.83 bits per heavy atom. The molecule has 0 saturated carbocycles. The minimum atomic E-state index is -0.265. The molecule has 7 heteroatoms. The average molecular weight is 364 g/mol. The smallest absolute Gasteiger partial charge is 0.255 e. The summed E-state index contributed by atoms with van der Waals surface area (Å²) in [6.07, 6.45) is 0. The van der Waals surface area contributed by atoms with Gasteiger partial charge in [-0.25, -0.2) is 0 Å². The van der Waals surface area contributed by atoms with Crippen molar-refractivity contribution in [1.29, 1.82) is 0 Å². The number of piperazine rings is 1. The Bertz CT molecular complexity index is 778. The summed E-state index contributed by atoms with van der Waals surface area (Å²) in [7, 11) is 0. The second-order valence-corrected chi connectivity index (χ2v) is 6.22. The van der Waals surface area contributed by atoms with Gasteiger partial charge in [0, 0.05) is 30.0 Å². The lowest BCUT2D eigenvalue weighted by Gasteiger charge is -2.28. The molecule has 3 rings (SSSR count). The first-order valence-corrected chi connectivity index (χ1v) is 8.16. The van der Waals surface area contributed by atoms with E-state index in [1.165, 1.54) is 6.07 Å². The Hall–Kier alpha value is -2.24. The van der Waals surface area contributed by atoms with Gasteiger partial charge in [0.1, 0.15) is 0 Å². The van der Waals surface area contributed by atoms with Gasteiger partial charge in [-0.2, -0.15) is 0 Å². The highest BCUT2D eigenvalue weighted by Crippen LogP contribution is 2.24. The van der Waals surface area contributed by atoms with Crippen LogP contribution in [0.3, 0.4) is 0 Å². The van der Waals surface area contributed by atoms with Crippen LogP contribution in [-0.2, 0) is 4.79 Å². The molecule has 2 amide bonds. The van der Waals surface area contributed by atoms with Crippen molar-refractivity contribution < 1.29 is 9.59 Å². The van der Waals surface area contributed by atoms with Crippen LogP contribution >= 0.6 is 23.2 Å². The second-order valence-electron chi connectivity index (χ2n) is 5.40. The standard InChI is InChI=1S/C17H15Cl2N3O2/c18-14-6-1-11(9-15(14)19)17(24)21-12-2-4-13(5-3-12)22-8-7-20-16(23)10-22/h1-6,9H,7-8,10H2,(H,20,23)(H,21,24). The van der Waals surface area contributed by atoms with Crippen LogP contribution in [0.25, 0.3) is 0 Å². The summed E-state index contributed by atoms with van der Waals surface area (Å²) in [6.45, 7) is 1.74. The molecule has 0 atom stereocenters. The third-order valence-corrected chi connectivity index (χ3v) is 4.45. The number of hydrogen-bond acceptors (Lipinski definition) is 3. The van der Waals surface area contributed by atoms with Crippen LogP contribution in [0.4, 0.5) is 11.4 Å². The first-order valence-electron chi connectivity index (χ1n) is 7.41. The Kier molecular flexibility index (Phi) is 4.92. The van der Waals surface area contributed by atoms with E-state index in [2.05, 4.69) is 10.6 Å². The Labute approximate surface area is 149 Å². The quantitative estimate of drug-likeness (QED) is 0.880. The van der Waals surface area contributed by atoms with E-state index in [4.69, 9.17) is 23.2 Å². The molecule has 1 aliphatic heterocycles. The molecular weight excluding hydrogens is 349 g/mol. The lowest BCUT2D eigenvalue weighted by atomic mass is 10.2. The van der Waals surface area contributed by atoms with Crippen molar-refractivity contribution in [2.75, 3.05) is 29.9 Å². The second kappa shape index (κ2) is 7.11. The van der Waals surface area contributed by atoms with E-state index in [1.807, 2.05) is 17.0 Å². The largest absolute Gasteiger partial charge is 0.360 e. The van der Waals surface area contributed by atoms with Gasteiger partial charge in [-0.1, -0.05) is 23.2 Å². The Morgan fingerprint density at radius 1 is 1.08 bits per heavy atom. The van der Waals surface area contributed by atoms with Crippen molar-refractivity contribution in [3.63, 3.8) is 0 Å². The molecule has 5 nitrogen and oxygen atoms in total. The molecule has 0 unspecified atom stereocenters. The number of anilines is 2. The zero-order valence-electron chi connectivity index (χ0n) is 12.7. The van der Waals surface area contributed by atoms with Gasteiger partial charge >= 0.3 is 0 Å². The van der Waals surface area contributed by atoms with E-state index < -0.39 is 0 Å². The molecule has 2 N–H and O–H groups in total. The SMILES string of the molecule is O=C1CN(c2ccc(NC(=O)c3ccc(Cl)c(Cl)c3)cc2)CCN1. The number of carbonyl (C=O) groups is 2. The van der Waals surface area contributed by atoms with E-state index in [-0.39, 0.29) is 11.8 Å². The number of carbonyl (C=O) groups excluding carboxylic acids is 2. The molecule has 124 valence electrons. The van der Waals surface area contributed by atoms with Crippen LogP contribution in [-0.4, -0.2) is 31.4 Å². The van der Waals surface area contributed by atoms with Crippen molar-refractivity contribution >= 4 is 46.4 Å². The predicted molar refractivity (Wildman–Crippen MR) is 96.1 cm³/mol. The molecule has 1 heterocycles. The summed E-state index contributed by atoms with van der Waals surface area (Å²) in [5.41, 5.74) is 2.04. The Morgan fingerprint density at radius 3 is 2.50 bits per heavy atom. The molecule has 24 heavy (non-hydrogen) atoms. The number of hydrogen-bond donors (Lipinski definition) is 2. The third-order valence-electron chi connectivity index (χ3n) is 3.71. The zero-order valence-corrected chi connectivity index (χ0v) is 14.2. The van der Waals surface area contributed by atoms with E-state index in [0.29, 0.717) is 34.4 Å². The molecule has 2 aromatic carbocycles. The minimum absolute atomic E-state index is 0.0123. The molecule has 0 aromatic heterocycles. The fourth-order valence-electron chi connectivity index (χ4n) is 2.46. The summed E-state index contributed by atoms with van der Waals surface area (Å²) in [4.78, 5) is 25.7. The highest BCUT2D eigenvalue weighted by Gasteiger charge is 2.16. The normalized spacial score (nSPS) is 14.2. The number of rotatable bonds is 3. The number of nitrogens with one attached hydrogen (secondary N) is 2. The molecule has 0 bridgehead atoms. The average Bonchev–Trinajstić information content (AvgIpc) is 2.58. The number of nitrogens with zero attached hydrogens (tertiary/aromatic N) is 1. The zero-order chi connectivity index (χ0) is 17.1. The fraction of sp³-hybridized carbons (Fsp3) is 0.176. The molecule has 0 spiro atoms. The maximum Gasteiger partial charge on any atom is 0.255 e. The first-order chi connectivity index (χ1) is 11.5. The van der Waals surface area contributed by atoms with E-state index >= 15 is 0 Å². The minimum Gasteiger partial charge on any atom is -0.360 e. The van der Waals surface area contributed by atoms with Crippen LogP contribution in [0.1, 0.15) is 10.4 Å². The van der Waals surface area contributed by atoms with E-state index in [9.17, 15) is 9.59 Å². The summed E-state index contributed by atoms with van der Waals surface area (Å²) in [6, 6.07) is 12.1. The molecule has 1 fully saturated rings. The van der Waals surface area contributed by atoms with Crippen molar-refractivity contribution in [2.45, 2.75) is 0 Å². The van der Waals surface area contributed by atoms with E-state index in [0.717, 1.165) is 12.2 Å². The lowest BCUT2D eigenvalue weighted by Crippen LogP contribution is -2.47. The topological polar surface area (TPSA) is 61.4 Å². The van der Waals surface area contributed by atoms with Gasteiger partial charge < -0.3 is 15.5 Å². The van der Waals surface area contributed by atoms with Crippen molar-refractivity contribution in [2.24, 2.45) is 0 Å². The lowest BCUT2D eigenvalue weighted by molar-refractivity contribution is -0.120. The molecule has 0 aliphatic carbocycles. The molecular formula is C17H15Cl2N3O2. The summed E-state index contributed by atoms with van der Waals surface area (Å²) < 4.78 is 0. The maximum atomic E-state index is 12.2. The molecule has 0 radical (unpaired) electrons. The van der Waals surface area contributed by atoms with Crippen molar-refractivity contribution in [3.8, 4) is 0 Å². The molecule has 1 aliphatic rings. The third kappa shape index (κ3) is 3.80. The maximum absolute atomic E-state index is 12.2. The van der Waals surface area contributed by atoms with Gasteiger partial charge in [-0.15, -0.1) is 0 Å². The summed E-state index contributed by atoms with van der Waals surface area (Å²) in [5.74, 6) is -0.253. The number of amides is 2. The van der Waals surface area contributed by atoms with Crippen molar-refractivity contribution in [1.82, 2.24) is 5.32 Å². The molecule has 2 aromatic rings. The number of halogens is 2. The number of benzene rings is 2. The van der Waals surface area contributed by atoms with Gasteiger partial charge in [0.05, 0.1) is 16.6 Å². The van der Waals surface area contributed by atoms with Crippen LogP contribution in [0.15, 0.2) is 42.5 Å². The monoisotopic (exact) mass is 363 g/mol. The summed E-state index contributed by atoms with van der Waals surface area (Å²) >= 11 is 11.8. The highest BCUT2D eigenvalue weighted by molar-refractivity contribution is 6.42. The first kappa shape index (κ1) is 16.6. The fourth-order valence-corrected chi connectivity index (χ4v) is 2.75. The van der Waals surface area contributed by atoms with Gasteiger partial charge in [-0.05, 0) is 42.5 Å². The van der Waals surface area contributed by atoms with Crippen molar-refractivity contribution in [3.05, 3.63) is 58.1 Å². The highest BCUT2D eigenvalue weighted by atomic mass is 35.5. The predicted octanol–water partition coefficient (Wildman–Crippen LogP) is 3.18. The molecule has 1 saturated heterocycles. The van der Waals surface area contributed by atoms with Crippen LogP contribution in [0.2, 0.25) is 10.0 Å². The van der Waals surface area contributed by atoms with E-state index in [1.54, 1.807) is 24.3 Å². The van der Waals surface area contributed by atoms with Crippen LogP contribution < -0.4 is 15.5 Å². The van der Waals surface area contributed by atoms with Gasteiger partial charge in [0.15, 0.2) is 0 Å². The van der Waals surface area contributed by atoms with Gasteiger partial charge in [0.25, 0.3) is 5.91 Å². The summed E-state index contributed by atoms with van der Waals surface area (Å²) in [5, 5.41) is 6.34. The van der Waals surface area contributed by atoms with Crippen LogP contribution in [0, 0.1) is 0 Å².